The fraction of sp³-hybridized carbons (Fsp3) is 0. The Labute approximate surface area is 124 Å². The zero-order valence-corrected chi connectivity index (χ0v) is 12.0. The number of rotatable bonds is 2. The molecule has 0 saturated carbocycles. The lowest BCUT2D eigenvalue weighted by atomic mass is 10.1. The molecule has 3 nitrogen and oxygen atoms in total. The molecule has 0 aliphatic heterocycles. The summed E-state index contributed by atoms with van der Waals surface area (Å²) in [6.07, 6.45) is 1.71. The first-order valence-electron chi connectivity index (χ1n) is 5.98. The van der Waals surface area contributed by atoms with E-state index in [9.17, 15) is 0 Å². The summed E-state index contributed by atoms with van der Waals surface area (Å²) in [6, 6.07) is 17.1. The second-order valence-electron chi connectivity index (χ2n) is 4.23. The second-order valence-corrected chi connectivity index (χ2v) is 5.14. The minimum atomic E-state index is 0.549. The minimum Gasteiger partial charge on any atom is -0.436 e. The van der Waals surface area contributed by atoms with Gasteiger partial charge in [0.05, 0.1) is 17.8 Å². The molecule has 3 rings (SSSR count). The average molecular weight is 325 g/mol. The highest BCUT2D eigenvalue weighted by Gasteiger charge is 2.08. The number of nitrogens with zero attached hydrogens (tertiary/aromatic N) is 2. The molecular formula is C16H9BrN2O. The second kappa shape index (κ2) is 5.32. The number of aromatic nitrogens is 1. The van der Waals surface area contributed by atoms with Crippen LogP contribution < -0.4 is 0 Å². The number of hydrogen-bond donors (Lipinski definition) is 0. The maximum Gasteiger partial charge on any atom is 0.226 e. The quantitative estimate of drug-likeness (QED) is 0.689. The van der Waals surface area contributed by atoms with Gasteiger partial charge in [0.25, 0.3) is 0 Å². The van der Waals surface area contributed by atoms with Crippen LogP contribution in [0.2, 0.25) is 0 Å². The van der Waals surface area contributed by atoms with Crippen molar-refractivity contribution < 1.29 is 4.42 Å². The molecule has 20 heavy (non-hydrogen) atoms. The highest BCUT2D eigenvalue weighted by molar-refractivity contribution is 9.10. The van der Waals surface area contributed by atoms with Crippen molar-refractivity contribution in [2.24, 2.45) is 0 Å². The topological polar surface area (TPSA) is 49.8 Å². The van der Waals surface area contributed by atoms with Crippen LogP contribution in [0.25, 0.3) is 22.8 Å². The molecule has 96 valence electrons. The van der Waals surface area contributed by atoms with Crippen molar-refractivity contribution in [1.29, 1.82) is 5.26 Å². The van der Waals surface area contributed by atoms with E-state index in [1.165, 1.54) is 0 Å². The summed E-state index contributed by atoms with van der Waals surface area (Å²) in [5.74, 6) is 1.27. The first-order chi connectivity index (χ1) is 9.76. The van der Waals surface area contributed by atoms with Gasteiger partial charge in [0.15, 0.2) is 5.76 Å². The van der Waals surface area contributed by atoms with E-state index in [1.54, 1.807) is 18.3 Å². The van der Waals surface area contributed by atoms with Crippen molar-refractivity contribution in [1.82, 2.24) is 4.98 Å². The molecule has 0 atom stereocenters. The molecule has 0 unspecified atom stereocenters. The molecule has 0 spiro atoms. The van der Waals surface area contributed by atoms with E-state index in [0.29, 0.717) is 11.5 Å². The third-order valence-electron chi connectivity index (χ3n) is 2.90. The van der Waals surface area contributed by atoms with Crippen LogP contribution in [0.4, 0.5) is 0 Å². The van der Waals surface area contributed by atoms with Crippen LogP contribution in [-0.4, -0.2) is 4.98 Å². The van der Waals surface area contributed by atoms with Gasteiger partial charge in [-0.2, -0.15) is 5.26 Å². The van der Waals surface area contributed by atoms with Crippen LogP contribution in [0.3, 0.4) is 0 Å². The number of hydrogen-bond acceptors (Lipinski definition) is 3. The van der Waals surface area contributed by atoms with E-state index in [1.807, 2.05) is 36.4 Å². The lowest BCUT2D eigenvalue weighted by Crippen LogP contribution is -1.78. The molecule has 0 fully saturated rings. The minimum absolute atomic E-state index is 0.549. The van der Waals surface area contributed by atoms with Crippen LogP contribution in [0.1, 0.15) is 5.56 Å². The molecule has 0 amide bonds. The van der Waals surface area contributed by atoms with E-state index in [-0.39, 0.29) is 0 Å². The molecule has 3 aromatic rings. The number of benzene rings is 2. The summed E-state index contributed by atoms with van der Waals surface area (Å²) in [4.78, 5) is 4.28. The van der Waals surface area contributed by atoms with Crippen LogP contribution in [0.5, 0.6) is 0 Å². The van der Waals surface area contributed by atoms with E-state index < -0.39 is 0 Å². The number of oxazole rings is 1. The van der Waals surface area contributed by atoms with Crippen molar-refractivity contribution in [2.45, 2.75) is 0 Å². The fourth-order valence-electron chi connectivity index (χ4n) is 1.84. The zero-order chi connectivity index (χ0) is 13.9. The lowest BCUT2D eigenvalue weighted by molar-refractivity contribution is 0.589. The Morgan fingerprint density at radius 1 is 0.950 bits per heavy atom. The Balaban J connectivity index is 1.93. The van der Waals surface area contributed by atoms with Crippen LogP contribution in [0.15, 0.2) is 63.6 Å². The lowest BCUT2D eigenvalue weighted by Gasteiger charge is -1.97. The fourth-order valence-corrected chi connectivity index (χ4v) is 2.11. The maximum absolute atomic E-state index is 8.78. The van der Waals surface area contributed by atoms with Gasteiger partial charge in [-0.3, -0.25) is 0 Å². The Bertz CT molecular complexity index is 767. The summed E-state index contributed by atoms with van der Waals surface area (Å²) in [6.45, 7) is 0. The van der Waals surface area contributed by atoms with Crippen LogP contribution >= 0.6 is 15.9 Å². The van der Waals surface area contributed by atoms with Gasteiger partial charge in [0, 0.05) is 15.6 Å². The largest absolute Gasteiger partial charge is 0.436 e. The molecule has 0 N–H and O–H groups in total. The van der Waals surface area contributed by atoms with Gasteiger partial charge in [0.1, 0.15) is 0 Å². The molecule has 2 aromatic carbocycles. The molecule has 0 saturated heterocycles. The predicted octanol–water partition coefficient (Wildman–Crippen LogP) is 4.64. The van der Waals surface area contributed by atoms with Crippen LogP contribution in [-0.2, 0) is 0 Å². The highest BCUT2D eigenvalue weighted by atomic mass is 79.9. The molecule has 4 heteroatoms. The first kappa shape index (κ1) is 12.6. The maximum atomic E-state index is 8.78. The van der Waals surface area contributed by atoms with Crippen molar-refractivity contribution in [3.05, 3.63) is 64.8 Å². The smallest absolute Gasteiger partial charge is 0.226 e. The summed E-state index contributed by atoms with van der Waals surface area (Å²) in [5, 5.41) is 8.78. The first-order valence-corrected chi connectivity index (χ1v) is 6.78. The van der Waals surface area contributed by atoms with E-state index in [4.69, 9.17) is 9.68 Å². The Morgan fingerprint density at radius 3 is 2.25 bits per heavy atom. The van der Waals surface area contributed by atoms with Gasteiger partial charge in [-0.15, -0.1) is 0 Å². The Morgan fingerprint density at radius 2 is 1.60 bits per heavy atom. The van der Waals surface area contributed by atoms with Crippen molar-refractivity contribution in [3.63, 3.8) is 0 Å². The summed E-state index contributed by atoms with van der Waals surface area (Å²) < 4.78 is 6.78. The zero-order valence-electron chi connectivity index (χ0n) is 10.4. The monoisotopic (exact) mass is 324 g/mol. The Hall–Kier alpha value is -2.38. The number of nitriles is 1. The average Bonchev–Trinajstić information content (AvgIpc) is 2.98. The molecule has 1 aromatic heterocycles. The molecule has 0 radical (unpaired) electrons. The van der Waals surface area contributed by atoms with Crippen molar-refractivity contribution in [3.8, 4) is 28.8 Å². The molecular weight excluding hydrogens is 316 g/mol. The molecule has 0 aliphatic carbocycles. The van der Waals surface area contributed by atoms with E-state index in [2.05, 4.69) is 27.0 Å². The van der Waals surface area contributed by atoms with Crippen LogP contribution in [0, 0.1) is 11.3 Å². The van der Waals surface area contributed by atoms with Gasteiger partial charge in [-0.1, -0.05) is 28.1 Å². The van der Waals surface area contributed by atoms with Crippen molar-refractivity contribution in [2.75, 3.05) is 0 Å². The van der Waals surface area contributed by atoms with E-state index >= 15 is 0 Å². The molecule has 0 aliphatic rings. The number of halogens is 1. The summed E-state index contributed by atoms with van der Waals surface area (Å²) in [7, 11) is 0. The van der Waals surface area contributed by atoms with Gasteiger partial charge in [-0.05, 0) is 36.4 Å². The van der Waals surface area contributed by atoms with Gasteiger partial charge in [0.2, 0.25) is 5.89 Å². The summed E-state index contributed by atoms with van der Waals surface area (Å²) in [5.41, 5.74) is 2.45. The standard InChI is InChI=1S/C16H9BrN2O/c17-14-7-5-12(6-8-14)15-10-19-16(20-15)13-3-1-11(9-18)2-4-13/h1-8,10H. The predicted molar refractivity (Wildman–Crippen MR) is 79.8 cm³/mol. The SMILES string of the molecule is N#Cc1ccc(-c2ncc(-c3ccc(Br)cc3)o2)cc1. The molecule has 1 heterocycles. The molecule has 0 bridgehead atoms. The van der Waals surface area contributed by atoms with Gasteiger partial charge in [-0.25, -0.2) is 4.98 Å². The Kier molecular flexibility index (Phi) is 3.36. The van der Waals surface area contributed by atoms with Gasteiger partial charge < -0.3 is 4.42 Å². The van der Waals surface area contributed by atoms with Gasteiger partial charge >= 0.3 is 0 Å². The third-order valence-corrected chi connectivity index (χ3v) is 3.42. The van der Waals surface area contributed by atoms with E-state index in [0.717, 1.165) is 21.4 Å². The van der Waals surface area contributed by atoms with Crippen molar-refractivity contribution >= 4 is 15.9 Å². The highest BCUT2D eigenvalue weighted by Crippen LogP contribution is 2.27. The third kappa shape index (κ3) is 2.49. The summed E-state index contributed by atoms with van der Waals surface area (Å²) >= 11 is 3.40. The normalized spacial score (nSPS) is 10.2.